The molecule has 1 amide bonds. The molecule has 0 bridgehead atoms. The van der Waals surface area contributed by atoms with Crippen molar-refractivity contribution in [1.29, 1.82) is 0 Å². The van der Waals surface area contributed by atoms with Crippen LogP contribution in [0.1, 0.15) is 22.3 Å². The molecule has 2 aromatic carbocycles. The molecular weight excluding hydrogens is 421 g/mol. The Kier molecular flexibility index (Phi) is 6.64. The number of aryl methyl sites for hydroxylation is 1. The number of hydrogen-bond donors (Lipinski definition) is 1. The molecular formula is C22H22FN3O2S2. The third-order valence-electron chi connectivity index (χ3n) is 4.52. The number of benzene rings is 2. The van der Waals surface area contributed by atoms with Crippen LogP contribution in [0.4, 0.5) is 10.2 Å². The van der Waals surface area contributed by atoms with E-state index in [0.717, 1.165) is 5.69 Å². The van der Waals surface area contributed by atoms with E-state index in [0.29, 0.717) is 21.8 Å². The van der Waals surface area contributed by atoms with Crippen molar-refractivity contribution < 1.29 is 13.9 Å². The zero-order chi connectivity index (χ0) is 20.9. The van der Waals surface area contributed by atoms with Crippen LogP contribution in [-0.2, 0) is 4.79 Å². The van der Waals surface area contributed by atoms with Crippen molar-refractivity contribution in [1.82, 2.24) is 9.78 Å². The number of carbonyl (C=O) groups is 1. The summed E-state index contributed by atoms with van der Waals surface area (Å²) in [5.74, 6) is 2.94. The first-order chi connectivity index (χ1) is 14.6. The SMILES string of the molecule is Cc1cc(NC(=O)COc2ccc(C3SCCCS3)cc2)n(-c2ccc(F)cc2)n1. The van der Waals surface area contributed by atoms with Crippen molar-refractivity contribution >= 4 is 35.2 Å². The van der Waals surface area contributed by atoms with E-state index in [2.05, 4.69) is 22.5 Å². The maximum atomic E-state index is 13.2. The molecule has 4 rings (SSSR count). The molecule has 1 aliphatic rings. The molecule has 0 radical (unpaired) electrons. The smallest absolute Gasteiger partial charge is 0.263 e. The molecule has 30 heavy (non-hydrogen) atoms. The number of aromatic nitrogens is 2. The maximum Gasteiger partial charge on any atom is 0.263 e. The molecule has 1 N–H and O–H groups in total. The van der Waals surface area contributed by atoms with Crippen LogP contribution in [0.15, 0.2) is 54.6 Å². The summed E-state index contributed by atoms with van der Waals surface area (Å²) in [5.41, 5.74) is 2.68. The molecule has 0 spiro atoms. The highest BCUT2D eigenvalue weighted by Gasteiger charge is 2.16. The molecule has 0 unspecified atom stereocenters. The van der Waals surface area contributed by atoms with Gasteiger partial charge in [-0.05, 0) is 66.8 Å². The number of carbonyl (C=O) groups excluding carboxylic acids is 1. The Morgan fingerprint density at radius 1 is 1.17 bits per heavy atom. The van der Waals surface area contributed by atoms with Gasteiger partial charge in [0, 0.05) is 6.07 Å². The van der Waals surface area contributed by atoms with Crippen LogP contribution in [0.5, 0.6) is 5.75 Å². The van der Waals surface area contributed by atoms with Crippen molar-refractivity contribution in [2.24, 2.45) is 0 Å². The van der Waals surface area contributed by atoms with Gasteiger partial charge in [-0.1, -0.05) is 12.1 Å². The monoisotopic (exact) mass is 443 g/mol. The summed E-state index contributed by atoms with van der Waals surface area (Å²) in [6.07, 6.45) is 1.27. The minimum atomic E-state index is -0.326. The fourth-order valence-electron chi connectivity index (χ4n) is 3.10. The van der Waals surface area contributed by atoms with Crippen LogP contribution in [0.2, 0.25) is 0 Å². The van der Waals surface area contributed by atoms with Gasteiger partial charge in [0.2, 0.25) is 0 Å². The summed E-state index contributed by atoms with van der Waals surface area (Å²) in [6, 6.07) is 15.6. The van der Waals surface area contributed by atoms with E-state index in [9.17, 15) is 9.18 Å². The van der Waals surface area contributed by atoms with Gasteiger partial charge < -0.3 is 10.1 Å². The van der Waals surface area contributed by atoms with Crippen LogP contribution in [0.25, 0.3) is 5.69 Å². The summed E-state index contributed by atoms with van der Waals surface area (Å²) >= 11 is 3.95. The highest BCUT2D eigenvalue weighted by molar-refractivity contribution is 8.16. The number of halogens is 1. The number of amides is 1. The maximum absolute atomic E-state index is 13.2. The lowest BCUT2D eigenvalue weighted by atomic mass is 10.2. The lowest BCUT2D eigenvalue weighted by Crippen LogP contribution is -2.21. The van der Waals surface area contributed by atoms with Gasteiger partial charge in [-0.15, -0.1) is 23.5 Å². The minimum Gasteiger partial charge on any atom is -0.484 e. The number of nitrogens with zero attached hydrogens (tertiary/aromatic N) is 2. The second-order valence-corrected chi connectivity index (χ2v) is 9.62. The molecule has 0 saturated carbocycles. The zero-order valence-corrected chi connectivity index (χ0v) is 18.1. The first kappa shape index (κ1) is 20.8. The lowest BCUT2D eigenvalue weighted by Gasteiger charge is -2.21. The molecule has 1 aliphatic heterocycles. The van der Waals surface area contributed by atoms with E-state index in [1.165, 1.54) is 35.6 Å². The van der Waals surface area contributed by atoms with Crippen LogP contribution in [0.3, 0.4) is 0 Å². The van der Waals surface area contributed by atoms with E-state index in [-0.39, 0.29) is 18.3 Å². The number of nitrogens with one attached hydrogen (secondary N) is 1. The van der Waals surface area contributed by atoms with Gasteiger partial charge in [0.25, 0.3) is 5.91 Å². The van der Waals surface area contributed by atoms with Gasteiger partial charge >= 0.3 is 0 Å². The predicted octanol–water partition coefficient (Wildman–Crippen LogP) is 5.21. The number of hydrogen-bond acceptors (Lipinski definition) is 5. The Balaban J connectivity index is 1.36. The van der Waals surface area contributed by atoms with Crippen LogP contribution < -0.4 is 10.1 Å². The van der Waals surface area contributed by atoms with Gasteiger partial charge in [-0.3, -0.25) is 4.79 Å². The summed E-state index contributed by atoms with van der Waals surface area (Å²) < 4.78 is 20.9. The Hall–Kier alpha value is -2.45. The van der Waals surface area contributed by atoms with Gasteiger partial charge in [0.15, 0.2) is 6.61 Å². The first-order valence-electron chi connectivity index (χ1n) is 9.67. The Morgan fingerprint density at radius 3 is 2.57 bits per heavy atom. The van der Waals surface area contributed by atoms with Gasteiger partial charge in [-0.2, -0.15) is 5.10 Å². The quantitative estimate of drug-likeness (QED) is 0.567. The molecule has 2 heterocycles. The first-order valence-corrected chi connectivity index (χ1v) is 11.8. The number of anilines is 1. The highest BCUT2D eigenvalue weighted by atomic mass is 32.2. The van der Waals surface area contributed by atoms with Gasteiger partial charge in [0.1, 0.15) is 17.4 Å². The molecule has 5 nitrogen and oxygen atoms in total. The average Bonchev–Trinajstić information content (AvgIpc) is 3.13. The summed E-state index contributed by atoms with van der Waals surface area (Å²) in [5, 5.41) is 7.18. The molecule has 1 saturated heterocycles. The van der Waals surface area contributed by atoms with E-state index in [1.54, 1.807) is 22.9 Å². The van der Waals surface area contributed by atoms with Crippen molar-refractivity contribution in [2.75, 3.05) is 23.4 Å². The number of ether oxygens (including phenoxy) is 1. The summed E-state index contributed by atoms with van der Waals surface area (Å²) in [7, 11) is 0. The lowest BCUT2D eigenvalue weighted by molar-refractivity contribution is -0.118. The fourth-order valence-corrected chi connectivity index (χ4v) is 5.99. The fraction of sp³-hybridized carbons (Fsp3) is 0.273. The van der Waals surface area contributed by atoms with E-state index in [4.69, 9.17) is 4.74 Å². The summed E-state index contributed by atoms with van der Waals surface area (Å²) in [6.45, 7) is 1.72. The molecule has 0 aliphatic carbocycles. The zero-order valence-electron chi connectivity index (χ0n) is 16.5. The van der Waals surface area contributed by atoms with Crippen LogP contribution >= 0.6 is 23.5 Å². The molecule has 1 aromatic heterocycles. The number of thioether (sulfide) groups is 2. The molecule has 1 fully saturated rings. The Morgan fingerprint density at radius 2 is 1.87 bits per heavy atom. The molecule has 8 heteroatoms. The summed E-state index contributed by atoms with van der Waals surface area (Å²) in [4.78, 5) is 12.4. The second kappa shape index (κ2) is 9.57. The standard InChI is InChI=1S/C22H22FN3O2S2/c1-15-13-20(26(25-15)18-7-5-17(23)6-8-18)24-21(27)14-28-19-9-3-16(4-10-19)22-29-11-2-12-30-22/h3-10,13,22H,2,11-12,14H2,1H3,(H,24,27). The minimum absolute atomic E-state index is 0.111. The van der Waals surface area contributed by atoms with Gasteiger partial charge in [-0.25, -0.2) is 9.07 Å². The van der Waals surface area contributed by atoms with Crippen LogP contribution in [0, 0.1) is 12.7 Å². The van der Waals surface area contributed by atoms with E-state index >= 15 is 0 Å². The van der Waals surface area contributed by atoms with Gasteiger partial charge in [0.05, 0.1) is 16.0 Å². The number of rotatable bonds is 6. The second-order valence-electron chi connectivity index (χ2n) is 6.89. The van der Waals surface area contributed by atoms with E-state index in [1.807, 2.05) is 42.6 Å². The Labute approximate surface area is 183 Å². The van der Waals surface area contributed by atoms with E-state index < -0.39 is 0 Å². The third-order valence-corrected chi connectivity index (χ3v) is 7.53. The predicted molar refractivity (Wildman–Crippen MR) is 121 cm³/mol. The molecule has 3 aromatic rings. The Bertz CT molecular complexity index is 1000. The molecule has 0 atom stereocenters. The van der Waals surface area contributed by atoms with Crippen LogP contribution in [-0.4, -0.2) is 33.8 Å². The normalized spacial score (nSPS) is 14.5. The van der Waals surface area contributed by atoms with Crippen molar-refractivity contribution in [3.63, 3.8) is 0 Å². The third kappa shape index (κ3) is 5.17. The van der Waals surface area contributed by atoms with Crippen molar-refractivity contribution in [3.8, 4) is 11.4 Å². The largest absolute Gasteiger partial charge is 0.484 e. The van der Waals surface area contributed by atoms with Crippen molar-refractivity contribution in [2.45, 2.75) is 17.9 Å². The topological polar surface area (TPSA) is 56.1 Å². The highest BCUT2D eigenvalue weighted by Crippen LogP contribution is 2.43. The average molecular weight is 444 g/mol. The van der Waals surface area contributed by atoms with Crippen molar-refractivity contribution in [3.05, 3.63) is 71.7 Å². The molecule has 156 valence electrons.